The summed E-state index contributed by atoms with van der Waals surface area (Å²) in [5, 5.41) is 10.3. The van der Waals surface area contributed by atoms with E-state index >= 15 is 0 Å². The van der Waals surface area contributed by atoms with E-state index in [2.05, 4.69) is 20.2 Å². The van der Waals surface area contributed by atoms with Crippen LogP contribution < -0.4 is 10.7 Å². The number of nitrogens with two attached hydrogens (primary N) is 1. The lowest BCUT2D eigenvalue weighted by molar-refractivity contribution is 0.589. The lowest BCUT2D eigenvalue weighted by Gasteiger charge is -1.91. The molecule has 0 saturated heterocycles. The minimum Gasteiger partial charge on any atom is -0.328 e. The topological polar surface area (TPSA) is 135 Å². The summed E-state index contributed by atoms with van der Waals surface area (Å²) < 4.78 is 21.8. The number of H-pyrrole nitrogens is 2. The fraction of sp³-hybridized carbons (Fsp3) is 0. The van der Waals surface area contributed by atoms with Crippen molar-refractivity contribution in [1.29, 1.82) is 0 Å². The first-order valence-electron chi connectivity index (χ1n) is 4.11. The summed E-state index contributed by atoms with van der Waals surface area (Å²) in [6, 6.07) is 2.75. The molecule has 2 aromatic heterocycles. The Kier molecular flexibility index (Phi) is 2.33. The molecule has 0 spiro atoms. The van der Waals surface area contributed by atoms with Crippen molar-refractivity contribution in [3.63, 3.8) is 0 Å². The maximum absolute atomic E-state index is 10.9. The smallest absolute Gasteiger partial charge is 0.273 e. The van der Waals surface area contributed by atoms with Crippen molar-refractivity contribution in [3.8, 4) is 11.4 Å². The number of aromatic nitrogens is 4. The van der Waals surface area contributed by atoms with Crippen LogP contribution in [0.1, 0.15) is 0 Å². The molecule has 0 radical (unpaired) electrons. The largest absolute Gasteiger partial charge is 0.328 e. The number of nitrogens with zero attached hydrogens (tertiary/aromatic N) is 2. The molecular formula is C7H7N5O3S. The van der Waals surface area contributed by atoms with E-state index in [0.29, 0.717) is 5.56 Å². The molecule has 0 aromatic carbocycles. The standard InChI is InChI=1S/C7H7N5O3S/c8-16(14,15)7-10-6(11-12-7)4-1-2-5(13)9-3-4/h1-3H,(H,9,13)(H2,8,14,15)(H,10,11,12). The molecule has 0 aliphatic heterocycles. The highest BCUT2D eigenvalue weighted by Crippen LogP contribution is 2.12. The summed E-state index contributed by atoms with van der Waals surface area (Å²) >= 11 is 0. The van der Waals surface area contributed by atoms with Crippen molar-refractivity contribution in [1.82, 2.24) is 20.2 Å². The SMILES string of the molecule is NS(=O)(=O)c1nc(-c2ccc(=O)[nH]c2)n[nH]1. The molecule has 84 valence electrons. The number of primary sulfonamides is 1. The first kappa shape index (κ1) is 10.5. The molecule has 8 nitrogen and oxygen atoms in total. The van der Waals surface area contributed by atoms with E-state index in [1.807, 2.05) is 0 Å². The molecule has 9 heteroatoms. The van der Waals surface area contributed by atoms with Crippen LogP contribution in [0.3, 0.4) is 0 Å². The predicted molar refractivity (Wildman–Crippen MR) is 53.8 cm³/mol. The first-order valence-corrected chi connectivity index (χ1v) is 5.66. The zero-order chi connectivity index (χ0) is 11.8. The van der Waals surface area contributed by atoms with E-state index in [1.54, 1.807) is 0 Å². The maximum Gasteiger partial charge on any atom is 0.273 e. The van der Waals surface area contributed by atoms with Crippen LogP contribution in [0.15, 0.2) is 28.3 Å². The fourth-order valence-corrected chi connectivity index (χ4v) is 1.44. The van der Waals surface area contributed by atoms with Gasteiger partial charge < -0.3 is 4.98 Å². The number of aromatic amines is 2. The third-order valence-electron chi connectivity index (χ3n) is 1.78. The second-order valence-electron chi connectivity index (χ2n) is 2.95. The Balaban J connectivity index is 2.47. The summed E-state index contributed by atoms with van der Waals surface area (Å²) in [7, 11) is -3.90. The molecule has 0 fully saturated rings. The van der Waals surface area contributed by atoms with Gasteiger partial charge in [-0.25, -0.2) is 18.7 Å². The Morgan fingerprint density at radius 3 is 2.56 bits per heavy atom. The third-order valence-corrected chi connectivity index (χ3v) is 2.50. The average Bonchev–Trinajstić information content (AvgIpc) is 2.67. The number of hydrogen-bond donors (Lipinski definition) is 3. The second-order valence-corrected chi connectivity index (χ2v) is 4.43. The second kappa shape index (κ2) is 3.54. The van der Waals surface area contributed by atoms with Crippen LogP contribution in [0.2, 0.25) is 0 Å². The van der Waals surface area contributed by atoms with Crippen molar-refractivity contribution < 1.29 is 8.42 Å². The molecule has 0 atom stereocenters. The van der Waals surface area contributed by atoms with E-state index in [1.165, 1.54) is 18.3 Å². The number of pyridine rings is 1. The van der Waals surface area contributed by atoms with Gasteiger partial charge in [0.05, 0.1) is 0 Å². The lowest BCUT2D eigenvalue weighted by atomic mass is 10.3. The van der Waals surface area contributed by atoms with E-state index in [9.17, 15) is 13.2 Å². The Morgan fingerprint density at radius 1 is 1.31 bits per heavy atom. The molecule has 2 aromatic rings. The van der Waals surface area contributed by atoms with Crippen molar-refractivity contribution >= 4 is 10.0 Å². The molecule has 16 heavy (non-hydrogen) atoms. The van der Waals surface area contributed by atoms with Gasteiger partial charge >= 0.3 is 0 Å². The summed E-state index contributed by atoms with van der Waals surface area (Å²) in [5.41, 5.74) is 0.205. The van der Waals surface area contributed by atoms with Crippen LogP contribution >= 0.6 is 0 Å². The van der Waals surface area contributed by atoms with Crippen LogP contribution in [-0.4, -0.2) is 28.6 Å². The normalized spacial score (nSPS) is 11.6. The van der Waals surface area contributed by atoms with Crippen LogP contribution in [0.25, 0.3) is 11.4 Å². The van der Waals surface area contributed by atoms with Crippen molar-refractivity contribution in [2.75, 3.05) is 0 Å². The highest BCUT2D eigenvalue weighted by molar-refractivity contribution is 7.89. The summed E-state index contributed by atoms with van der Waals surface area (Å²) in [6.45, 7) is 0. The van der Waals surface area contributed by atoms with Gasteiger partial charge in [-0.05, 0) is 6.07 Å². The highest BCUT2D eigenvalue weighted by Gasteiger charge is 2.14. The van der Waals surface area contributed by atoms with Gasteiger partial charge in [0.25, 0.3) is 15.2 Å². The molecule has 0 amide bonds. The minimum absolute atomic E-state index is 0.139. The van der Waals surface area contributed by atoms with Crippen LogP contribution in [0.5, 0.6) is 0 Å². The molecule has 0 aliphatic rings. The number of nitrogens with one attached hydrogen (secondary N) is 2. The molecule has 4 N–H and O–H groups in total. The van der Waals surface area contributed by atoms with Gasteiger partial charge in [0.15, 0.2) is 5.82 Å². The van der Waals surface area contributed by atoms with E-state index < -0.39 is 15.2 Å². The Morgan fingerprint density at radius 2 is 2.06 bits per heavy atom. The van der Waals surface area contributed by atoms with Gasteiger partial charge in [0.2, 0.25) is 5.56 Å². The van der Waals surface area contributed by atoms with E-state index in [-0.39, 0.29) is 11.4 Å². The molecule has 2 heterocycles. The summed E-state index contributed by atoms with van der Waals surface area (Å²) in [4.78, 5) is 16.9. The van der Waals surface area contributed by atoms with Gasteiger partial charge in [-0.2, -0.15) is 10.1 Å². The molecule has 0 aliphatic carbocycles. The van der Waals surface area contributed by atoms with Gasteiger partial charge in [0.1, 0.15) is 0 Å². The lowest BCUT2D eigenvalue weighted by Crippen LogP contribution is -2.13. The number of hydrogen-bond acceptors (Lipinski definition) is 5. The Bertz CT molecular complexity index is 651. The molecule has 0 saturated carbocycles. The molecule has 2 rings (SSSR count). The van der Waals surface area contributed by atoms with Gasteiger partial charge in [-0.3, -0.25) is 4.79 Å². The first-order chi connectivity index (χ1) is 7.47. The monoisotopic (exact) mass is 241 g/mol. The van der Waals surface area contributed by atoms with Crippen molar-refractivity contribution in [3.05, 3.63) is 28.7 Å². The van der Waals surface area contributed by atoms with Gasteiger partial charge in [0, 0.05) is 17.8 Å². The quantitative estimate of drug-likeness (QED) is 0.607. The molecule has 0 bridgehead atoms. The summed E-state index contributed by atoms with van der Waals surface area (Å²) in [5.74, 6) is 0.139. The molecular weight excluding hydrogens is 234 g/mol. The Hall–Kier alpha value is -2.00. The number of sulfonamides is 1. The van der Waals surface area contributed by atoms with E-state index in [4.69, 9.17) is 5.14 Å². The van der Waals surface area contributed by atoms with Crippen LogP contribution in [0.4, 0.5) is 0 Å². The zero-order valence-electron chi connectivity index (χ0n) is 7.84. The highest BCUT2D eigenvalue weighted by atomic mass is 32.2. The Labute approximate surface area is 89.6 Å². The van der Waals surface area contributed by atoms with Gasteiger partial charge in [-0.1, -0.05) is 0 Å². The zero-order valence-corrected chi connectivity index (χ0v) is 8.65. The maximum atomic E-state index is 10.9. The van der Waals surface area contributed by atoms with Crippen LogP contribution in [0, 0.1) is 0 Å². The average molecular weight is 241 g/mol. The number of rotatable bonds is 2. The molecule has 0 unspecified atom stereocenters. The van der Waals surface area contributed by atoms with Crippen LogP contribution in [-0.2, 0) is 10.0 Å². The summed E-state index contributed by atoms with van der Waals surface area (Å²) in [6.07, 6.45) is 1.37. The van der Waals surface area contributed by atoms with Gasteiger partial charge in [-0.15, -0.1) is 0 Å². The fourth-order valence-electron chi connectivity index (χ4n) is 1.05. The van der Waals surface area contributed by atoms with E-state index in [0.717, 1.165) is 0 Å². The van der Waals surface area contributed by atoms with Crippen molar-refractivity contribution in [2.45, 2.75) is 5.16 Å². The third kappa shape index (κ3) is 1.99. The predicted octanol–water partition coefficient (Wildman–Crippen LogP) is -1.19. The van der Waals surface area contributed by atoms with Crippen molar-refractivity contribution in [2.24, 2.45) is 5.14 Å². The minimum atomic E-state index is -3.90.